The summed E-state index contributed by atoms with van der Waals surface area (Å²) in [5.41, 5.74) is 0.222. The van der Waals surface area contributed by atoms with Crippen molar-refractivity contribution in [3.63, 3.8) is 0 Å². The summed E-state index contributed by atoms with van der Waals surface area (Å²) in [6.45, 7) is 4.09. The van der Waals surface area contributed by atoms with Crippen molar-refractivity contribution in [2.24, 2.45) is 23.2 Å². The van der Waals surface area contributed by atoms with Crippen LogP contribution in [-0.4, -0.2) is 68.2 Å². The second kappa shape index (κ2) is 6.82. The zero-order chi connectivity index (χ0) is 17.5. The Labute approximate surface area is 151 Å². The Morgan fingerprint density at radius 3 is 2.28 bits per heavy atom. The molecule has 1 N–H and O–H groups in total. The molecule has 5 rings (SSSR count). The lowest BCUT2D eigenvalue weighted by molar-refractivity contribution is -0.919. The zero-order valence-electron chi connectivity index (χ0n) is 15.6. The first-order chi connectivity index (χ1) is 11.9. The highest BCUT2D eigenvalue weighted by molar-refractivity contribution is 5.70. The molecule has 0 aromatic carbocycles. The first-order valence-electron chi connectivity index (χ1n) is 10.2. The van der Waals surface area contributed by atoms with Crippen LogP contribution < -0.4 is 0 Å². The number of aliphatic hydroxyl groups is 1. The van der Waals surface area contributed by atoms with Crippen LogP contribution in [0, 0.1) is 23.2 Å². The molecule has 1 saturated heterocycles. The number of carbonyl (C=O) groups is 1. The minimum absolute atomic E-state index is 0.0920. The zero-order valence-corrected chi connectivity index (χ0v) is 15.6. The largest absolute Gasteiger partial charge is 0.463 e. The third-order valence-electron chi connectivity index (χ3n) is 7.32. The van der Waals surface area contributed by atoms with Gasteiger partial charge in [-0.25, -0.2) is 0 Å². The maximum atomic E-state index is 12.4. The average Bonchev–Trinajstić information content (AvgIpc) is 2.51. The molecule has 0 aromatic rings. The summed E-state index contributed by atoms with van der Waals surface area (Å²) in [6.07, 6.45) is 7.86. The van der Waals surface area contributed by atoms with Crippen LogP contribution in [0.1, 0.15) is 44.9 Å². The second-order valence-electron chi connectivity index (χ2n) is 9.79. The summed E-state index contributed by atoms with van der Waals surface area (Å²) in [5, 5.41) is 10.3. The van der Waals surface area contributed by atoms with Crippen LogP contribution in [0.3, 0.4) is 0 Å². The van der Waals surface area contributed by atoms with E-state index in [0.717, 1.165) is 48.5 Å². The summed E-state index contributed by atoms with van der Waals surface area (Å²) in [6, 6.07) is 0. The number of hydrogen-bond acceptors (Lipinski definition) is 4. The molecule has 4 bridgehead atoms. The number of aliphatic hydroxyl groups excluding tert-OH is 1. The number of esters is 1. The van der Waals surface area contributed by atoms with E-state index in [1.807, 2.05) is 0 Å². The van der Waals surface area contributed by atoms with Crippen LogP contribution in [0.5, 0.6) is 0 Å². The van der Waals surface area contributed by atoms with Gasteiger partial charge in [0.1, 0.15) is 32.3 Å². The van der Waals surface area contributed by atoms with Crippen molar-refractivity contribution in [2.75, 3.05) is 46.5 Å². The molecule has 1 aliphatic heterocycles. The summed E-state index contributed by atoms with van der Waals surface area (Å²) >= 11 is 0. The smallest absolute Gasteiger partial charge is 0.306 e. The summed E-state index contributed by atoms with van der Waals surface area (Å²) in [7, 11) is 2.14. The first kappa shape index (κ1) is 17.7. The molecule has 1 unspecified atom stereocenters. The molecule has 142 valence electrons. The Morgan fingerprint density at radius 1 is 1.16 bits per heavy atom. The normalized spacial score (nSPS) is 40.0. The minimum atomic E-state index is -0.580. The second-order valence-corrected chi connectivity index (χ2v) is 9.79. The molecule has 5 nitrogen and oxygen atoms in total. The standard InChI is InChI=1S/C20H34NO4/c1-21(2-4-24-5-3-21)13-18(22)14-25-19(23)12-20-9-15-6-16(10-20)8-17(7-15)11-20/h15-18,22H,2-14H2,1H3/q+1. The van der Waals surface area contributed by atoms with Gasteiger partial charge in [-0.1, -0.05) is 0 Å². The van der Waals surface area contributed by atoms with Crippen molar-refractivity contribution in [3.8, 4) is 0 Å². The predicted octanol–water partition coefficient (Wildman–Crippen LogP) is 1.97. The highest BCUT2D eigenvalue weighted by atomic mass is 16.5. The van der Waals surface area contributed by atoms with E-state index in [1.54, 1.807) is 0 Å². The quantitative estimate of drug-likeness (QED) is 0.587. The third-order valence-corrected chi connectivity index (χ3v) is 7.32. The Bertz CT molecular complexity index is 465. The Hall–Kier alpha value is -0.650. The van der Waals surface area contributed by atoms with Gasteiger partial charge < -0.3 is 19.1 Å². The van der Waals surface area contributed by atoms with Gasteiger partial charge in [-0.3, -0.25) is 4.79 Å². The molecule has 4 saturated carbocycles. The molecular formula is C20H34NO4+. The average molecular weight is 352 g/mol. The molecule has 1 heterocycles. The van der Waals surface area contributed by atoms with Crippen molar-refractivity contribution in [1.82, 2.24) is 0 Å². The van der Waals surface area contributed by atoms with E-state index in [0.29, 0.717) is 13.0 Å². The lowest BCUT2D eigenvalue weighted by atomic mass is 9.49. The molecule has 0 spiro atoms. The van der Waals surface area contributed by atoms with Gasteiger partial charge in [0.15, 0.2) is 0 Å². The Morgan fingerprint density at radius 2 is 1.72 bits per heavy atom. The molecule has 0 radical (unpaired) electrons. The van der Waals surface area contributed by atoms with E-state index in [1.165, 1.54) is 38.5 Å². The monoisotopic (exact) mass is 352 g/mol. The number of carbonyl (C=O) groups excluding carboxylic acids is 1. The first-order valence-corrected chi connectivity index (χ1v) is 10.2. The van der Waals surface area contributed by atoms with Crippen LogP contribution in [0.2, 0.25) is 0 Å². The van der Waals surface area contributed by atoms with Crippen molar-refractivity contribution in [1.29, 1.82) is 0 Å². The number of morpholine rings is 1. The van der Waals surface area contributed by atoms with Gasteiger partial charge in [0.25, 0.3) is 0 Å². The van der Waals surface area contributed by atoms with E-state index in [-0.39, 0.29) is 18.0 Å². The van der Waals surface area contributed by atoms with Crippen LogP contribution in [0.25, 0.3) is 0 Å². The molecular weight excluding hydrogens is 318 g/mol. The molecule has 1 atom stereocenters. The Balaban J connectivity index is 1.24. The molecule has 4 aliphatic carbocycles. The fourth-order valence-corrected chi connectivity index (χ4v) is 6.58. The van der Waals surface area contributed by atoms with E-state index < -0.39 is 6.10 Å². The highest BCUT2D eigenvalue weighted by Crippen LogP contribution is 2.61. The van der Waals surface area contributed by atoms with Crippen molar-refractivity contribution < 1.29 is 23.9 Å². The Kier molecular flexibility index (Phi) is 4.84. The molecule has 0 aromatic heterocycles. The fourth-order valence-electron chi connectivity index (χ4n) is 6.58. The number of ether oxygens (including phenoxy) is 2. The van der Waals surface area contributed by atoms with Gasteiger partial charge in [-0.2, -0.15) is 0 Å². The fraction of sp³-hybridized carbons (Fsp3) is 0.950. The number of nitrogens with zero attached hydrogens (tertiary/aromatic N) is 1. The lowest BCUT2D eigenvalue weighted by Crippen LogP contribution is -2.55. The maximum absolute atomic E-state index is 12.4. The number of likely N-dealkylation sites (N-methyl/N-ethyl adjacent to an activating group) is 1. The van der Waals surface area contributed by atoms with E-state index in [2.05, 4.69) is 7.05 Å². The van der Waals surface area contributed by atoms with Crippen molar-refractivity contribution in [2.45, 2.75) is 51.0 Å². The van der Waals surface area contributed by atoms with Crippen molar-refractivity contribution >= 4 is 5.97 Å². The van der Waals surface area contributed by atoms with Gasteiger partial charge in [-0.05, 0) is 61.7 Å². The predicted molar refractivity (Wildman–Crippen MR) is 93.8 cm³/mol. The molecule has 25 heavy (non-hydrogen) atoms. The lowest BCUT2D eigenvalue weighted by Gasteiger charge is -2.56. The third kappa shape index (κ3) is 4.04. The van der Waals surface area contributed by atoms with Gasteiger partial charge in [0.2, 0.25) is 0 Å². The molecule has 5 heteroatoms. The summed E-state index contributed by atoms with van der Waals surface area (Å²) in [4.78, 5) is 12.4. The number of hydrogen-bond donors (Lipinski definition) is 1. The minimum Gasteiger partial charge on any atom is -0.463 e. The SMILES string of the molecule is C[N+]1(CC(O)COC(=O)CC23CC4CC(CC(C4)C2)C3)CCOCC1. The van der Waals surface area contributed by atoms with E-state index in [9.17, 15) is 9.90 Å². The van der Waals surface area contributed by atoms with E-state index >= 15 is 0 Å². The molecule has 5 aliphatic rings. The van der Waals surface area contributed by atoms with Gasteiger partial charge in [0, 0.05) is 0 Å². The topological polar surface area (TPSA) is 55.8 Å². The van der Waals surface area contributed by atoms with Crippen LogP contribution in [-0.2, 0) is 14.3 Å². The highest BCUT2D eigenvalue weighted by Gasteiger charge is 2.51. The summed E-state index contributed by atoms with van der Waals surface area (Å²) < 4.78 is 11.7. The van der Waals surface area contributed by atoms with Crippen molar-refractivity contribution in [3.05, 3.63) is 0 Å². The van der Waals surface area contributed by atoms with Gasteiger partial charge >= 0.3 is 5.97 Å². The van der Waals surface area contributed by atoms with Gasteiger partial charge in [-0.15, -0.1) is 0 Å². The number of quaternary nitrogens is 1. The van der Waals surface area contributed by atoms with Crippen LogP contribution in [0.4, 0.5) is 0 Å². The maximum Gasteiger partial charge on any atom is 0.306 e. The van der Waals surface area contributed by atoms with Crippen LogP contribution in [0.15, 0.2) is 0 Å². The summed E-state index contributed by atoms with van der Waals surface area (Å²) in [5.74, 6) is 2.48. The molecule has 0 amide bonds. The van der Waals surface area contributed by atoms with Crippen LogP contribution >= 0.6 is 0 Å². The van der Waals surface area contributed by atoms with Gasteiger partial charge in [0.05, 0.1) is 26.7 Å². The van der Waals surface area contributed by atoms with E-state index in [4.69, 9.17) is 9.47 Å². The number of rotatable bonds is 6. The molecule has 5 fully saturated rings.